The number of rotatable bonds is 4. The minimum atomic E-state index is 0.308. The van der Waals surface area contributed by atoms with Crippen molar-refractivity contribution in [1.29, 1.82) is 0 Å². The largest absolute Gasteiger partial charge is 0.347 e. The van der Waals surface area contributed by atoms with E-state index in [0.717, 1.165) is 0 Å². The number of hydrogen-bond donors (Lipinski definition) is 2. The van der Waals surface area contributed by atoms with Crippen molar-refractivity contribution in [2.24, 2.45) is 5.84 Å². The highest BCUT2D eigenvalue weighted by Gasteiger charge is 2.12. The number of nitrogen functional groups attached to an aromatic ring is 1. The molecule has 0 amide bonds. The van der Waals surface area contributed by atoms with Gasteiger partial charge in [0, 0.05) is 27.2 Å². The molecule has 1 aromatic rings. The first kappa shape index (κ1) is 12.4. The topological polar surface area (TPSA) is 83.2 Å². The van der Waals surface area contributed by atoms with Crippen LogP contribution in [0.1, 0.15) is 13.8 Å². The Bertz CT molecular complexity index is 350. The summed E-state index contributed by atoms with van der Waals surface area (Å²) in [5.41, 5.74) is 2.44. The molecule has 90 valence electrons. The minimum Gasteiger partial charge on any atom is -0.347 e. The first-order chi connectivity index (χ1) is 7.45. The highest BCUT2D eigenvalue weighted by molar-refractivity contribution is 5.43. The van der Waals surface area contributed by atoms with Gasteiger partial charge in [-0.25, -0.2) is 5.84 Å². The van der Waals surface area contributed by atoms with Crippen LogP contribution < -0.4 is 21.1 Å². The van der Waals surface area contributed by atoms with Crippen LogP contribution in [0.5, 0.6) is 0 Å². The Labute approximate surface area is 95.7 Å². The number of nitrogens with zero attached hydrogens (tertiary/aromatic N) is 5. The number of anilines is 3. The highest BCUT2D eigenvalue weighted by Crippen LogP contribution is 2.14. The molecule has 0 aliphatic rings. The highest BCUT2D eigenvalue weighted by atomic mass is 15.4. The summed E-state index contributed by atoms with van der Waals surface area (Å²) in [7, 11) is 5.67. The third-order valence-electron chi connectivity index (χ3n) is 2.23. The molecule has 0 unspecified atom stereocenters. The molecule has 16 heavy (non-hydrogen) atoms. The van der Waals surface area contributed by atoms with Gasteiger partial charge in [-0.1, -0.05) is 0 Å². The first-order valence-corrected chi connectivity index (χ1v) is 5.08. The molecule has 1 heterocycles. The van der Waals surface area contributed by atoms with Crippen LogP contribution in [0, 0.1) is 0 Å². The smallest absolute Gasteiger partial charge is 0.243 e. The molecule has 0 aliphatic carbocycles. The molecular weight excluding hydrogens is 206 g/mol. The Hall–Kier alpha value is -1.63. The van der Waals surface area contributed by atoms with Crippen LogP contribution in [0.4, 0.5) is 17.8 Å². The van der Waals surface area contributed by atoms with Gasteiger partial charge in [-0.15, -0.1) is 0 Å². The van der Waals surface area contributed by atoms with Crippen LogP contribution in [-0.2, 0) is 0 Å². The Morgan fingerprint density at radius 1 is 1.06 bits per heavy atom. The van der Waals surface area contributed by atoms with Gasteiger partial charge in [0.2, 0.25) is 17.8 Å². The van der Waals surface area contributed by atoms with Crippen molar-refractivity contribution in [2.45, 2.75) is 19.9 Å². The van der Waals surface area contributed by atoms with Gasteiger partial charge in [-0.2, -0.15) is 15.0 Å². The average Bonchev–Trinajstić information content (AvgIpc) is 2.27. The normalized spacial score (nSPS) is 10.4. The zero-order valence-electron chi connectivity index (χ0n) is 10.4. The van der Waals surface area contributed by atoms with E-state index in [0.29, 0.717) is 23.9 Å². The standard InChI is InChI=1S/C9H19N7/c1-6(2)16(5)9-12-7(14-10)11-8(13-9)15(3)4/h6H,10H2,1-5H3,(H,11,12,13,14). The Balaban J connectivity index is 3.13. The lowest BCUT2D eigenvalue weighted by atomic mass is 10.4. The van der Waals surface area contributed by atoms with Gasteiger partial charge in [-0.05, 0) is 13.8 Å². The summed E-state index contributed by atoms with van der Waals surface area (Å²) in [6, 6.07) is 0.308. The number of nitrogens with one attached hydrogen (secondary N) is 1. The lowest BCUT2D eigenvalue weighted by Gasteiger charge is -2.22. The number of hydrogen-bond acceptors (Lipinski definition) is 7. The van der Waals surface area contributed by atoms with Crippen molar-refractivity contribution in [1.82, 2.24) is 15.0 Å². The van der Waals surface area contributed by atoms with E-state index >= 15 is 0 Å². The molecular formula is C9H19N7. The average molecular weight is 225 g/mol. The molecule has 0 radical (unpaired) electrons. The van der Waals surface area contributed by atoms with E-state index in [1.165, 1.54) is 0 Å². The maximum Gasteiger partial charge on any atom is 0.243 e. The summed E-state index contributed by atoms with van der Waals surface area (Å²) in [6.45, 7) is 4.13. The van der Waals surface area contributed by atoms with Crippen LogP contribution in [0.25, 0.3) is 0 Å². The maximum absolute atomic E-state index is 5.32. The summed E-state index contributed by atoms with van der Waals surface area (Å²) in [6.07, 6.45) is 0. The van der Waals surface area contributed by atoms with Gasteiger partial charge < -0.3 is 9.80 Å². The van der Waals surface area contributed by atoms with E-state index in [4.69, 9.17) is 5.84 Å². The van der Waals surface area contributed by atoms with Crippen molar-refractivity contribution >= 4 is 17.8 Å². The fourth-order valence-electron chi connectivity index (χ4n) is 1.01. The molecule has 0 aliphatic heterocycles. The molecule has 7 nitrogen and oxygen atoms in total. The summed E-state index contributed by atoms with van der Waals surface area (Å²) in [5.74, 6) is 6.86. The summed E-state index contributed by atoms with van der Waals surface area (Å²) >= 11 is 0. The van der Waals surface area contributed by atoms with Crippen molar-refractivity contribution < 1.29 is 0 Å². The second kappa shape index (κ2) is 4.93. The third kappa shape index (κ3) is 2.69. The van der Waals surface area contributed by atoms with Crippen LogP contribution in [-0.4, -0.2) is 42.1 Å². The summed E-state index contributed by atoms with van der Waals surface area (Å²) in [4.78, 5) is 16.4. The van der Waals surface area contributed by atoms with Crippen molar-refractivity contribution in [3.05, 3.63) is 0 Å². The van der Waals surface area contributed by atoms with E-state index in [-0.39, 0.29) is 0 Å². The molecule has 0 fully saturated rings. The van der Waals surface area contributed by atoms with E-state index in [2.05, 4.69) is 34.2 Å². The molecule has 0 spiro atoms. The predicted molar refractivity (Wildman–Crippen MR) is 65.5 cm³/mol. The second-order valence-electron chi connectivity index (χ2n) is 4.00. The molecule has 3 N–H and O–H groups in total. The summed E-state index contributed by atoms with van der Waals surface area (Å²) < 4.78 is 0. The van der Waals surface area contributed by atoms with E-state index in [1.807, 2.05) is 26.0 Å². The SMILES string of the molecule is CC(C)N(C)c1nc(NN)nc(N(C)C)n1. The molecule has 1 aromatic heterocycles. The van der Waals surface area contributed by atoms with Crippen LogP contribution in [0.3, 0.4) is 0 Å². The maximum atomic E-state index is 5.32. The van der Waals surface area contributed by atoms with Crippen LogP contribution >= 0.6 is 0 Å². The molecule has 0 bridgehead atoms. The second-order valence-corrected chi connectivity index (χ2v) is 4.00. The van der Waals surface area contributed by atoms with E-state index < -0.39 is 0 Å². The quantitative estimate of drug-likeness (QED) is 0.554. The van der Waals surface area contributed by atoms with Crippen molar-refractivity contribution in [2.75, 3.05) is 36.4 Å². The van der Waals surface area contributed by atoms with E-state index in [1.54, 1.807) is 4.90 Å². The van der Waals surface area contributed by atoms with Crippen molar-refractivity contribution in [3.63, 3.8) is 0 Å². The minimum absolute atomic E-state index is 0.308. The molecule has 0 aromatic carbocycles. The first-order valence-electron chi connectivity index (χ1n) is 5.08. The molecule has 7 heteroatoms. The lowest BCUT2D eigenvalue weighted by molar-refractivity contribution is 0.724. The lowest BCUT2D eigenvalue weighted by Crippen LogP contribution is -2.29. The fourth-order valence-corrected chi connectivity index (χ4v) is 1.01. The Kier molecular flexibility index (Phi) is 3.83. The van der Waals surface area contributed by atoms with Gasteiger partial charge in [0.15, 0.2) is 0 Å². The van der Waals surface area contributed by atoms with Crippen LogP contribution in [0.15, 0.2) is 0 Å². The van der Waals surface area contributed by atoms with Gasteiger partial charge in [-0.3, -0.25) is 5.43 Å². The fraction of sp³-hybridized carbons (Fsp3) is 0.667. The summed E-state index contributed by atoms with van der Waals surface area (Å²) in [5, 5.41) is 0. The van der Waals surface area contributed by atoms with Gasteiger partial charge >= 0.3 is 0 Å². The van der Waals surface area contributed by atoms with Gasteiger partial charge in [0.1, 0.15) is 0 Å². The monoisotopic (exact) mass is 225 g/mol. The zero-order chi connectivity index (χ0) is 12.3. The van der Waals surface area contributed by atoms with Gasteiger partial charge in [0.05, 0.1) is 0 Å². The number of nitrogens with two attached hydrogens (primary N) is 1. The predicted octanol–water partition coefficient (Wildman–Crippen LogP) is 0.0678. The van der Waals surface area contributed by atoms with Gasteiger partial charge in [0.25, 0.3) is 0 Å². The Morgan fingerprint density at radius 3 is 2.06 bits per heavy atom. The zero-order valence-corrected chi connectivity index (χ0v) is 10.4. The molecule has 0 atom stereocenters. The number of aromatic nitrogens is 3. The molecule has 0 saturated carbocycles. The third-order valence-corrected chi connectivity index (χ3v) is 2.23. The van der Waals surface area contributed by atoms with E-state index in [9.17, 15) is 0 Å². The molecule has 0 saturated heterocycles. The number of hydrazine groups is 1. The van der Waals surface area contributed by atoms with Crippen LogP contribution in [0.2, 0.25) is 0 Å². The Morgan fingerprint density at radius 2 is 1.62 bits per heavy atom. The molecule has 1 rings (SSSR count). The van der Waals surface area contributed by atoms with Crippen molar-refractivity contribution in [3.8, 4) is 0 Å².